The molecule has 0 bridgehead atoms. The van der Waals surface area contributed by atoms with Gasteiger partial charge in [-0.05, 0) is 68.9 Å². The molecule has 0 atom stereocenters. The number of nitrogens with one attached hydrogen (secondary N) is 2. The summed E-state index contributed by atoms with van der Waals surface area (Å²) in [6, 6.07) is 0. The van der Waals surface area contributed by atoms with Crippen LogP contribution in [0.5, 0.6) is 0 Å². The monoisotopic (exact) mass is 272 g/mol. The summed E-state index contributed by atoms with van der Waals surface area (Å²) in [6.07, 6.45) is 7.08. The largest absolute Gasteiger partial charge is 0.317 e. The first-order chi connectivity index (χ1) is 8.60. The molecule has 1 heterocycles. The third kappa shape index (κ3) is 3.06. The average Bonchev–Trinajstić information content (AvgIpc) is 3.20. The highest BCUT2D eigenvalue weighted by Gasteiger charge is 2.53. The summed E-state index contributed by atoms with van der Waals surface area (Å²) >= 11 is 0. The van der Waals surface area contributed by atoms with E-state index in [1.54, 1.807) is 0 Å². The minimum absolute atomic E-state index is 0.329. The van der Waals surface area contributed by atoms with Crippen LogP contribution in [0.25, 0.3) is 0 Å². The molecule has 1 saturated heterocycles. The van der Waals surface area contributed by atoms with Crippen LogP contribution in [0, 0.1) is 17.3 Å². The van der Waals surface area contributed by atoms with Crippen molar-refractivity contribution in [2.24, 2.45) is 17.3 Å². The van der Waals surface area contributed by atoms with E-state index in [0.29, 0.717) is 23.6 Å². The van der Waals surface area contributed by atoms with E-state index in [9.17, 15) is 8.42 Å². The summed E-state index contributed by atoms with van der Waals surface area (Å²) in [5, 5.41) is 3.27. The number of sulfonamides is 1. The summed E-state index contributed by atoms with van der Waals surface area (Å²) in [5.74, 6) is 1.49. The van der Waals surface area contributed by atoms with E-state index >= 15 is 0 Å². The first-order valence-corrected chi connectivity index (χ1v) is 8.93. The molecule has 18 heavy (non-hydrogen) atoms. The van der Waals surface area contributed by atoms with Crippen LogP contribution < -0.4 is 10.0 Å². The number of rotatable bonds is 6. The second-order valence-electron chi connectivity index (χ2n) is 6.43. The van der Waals surface area contributed by atoms with Crippen LogP contribution in [0.4, 0.5) is 0 Å². The molecule has 2 saturated carbocycles. The minimum Gasteiger partial charge on any atom is -0.317 e. The molecule has 0 aromatic carbocycles. The molecule has 0 radical (unpaired) electrons. The summed E-state index contributed by atoms with van der Waals surface area (Å²) < 4.78 is 27.1. The Morgan fingerprint density at radius 3 is 2.33 bits per heavy atom. The molecule has 104 valence electrons. The first-order valence-electron chi connectivity index (χ1n) is 7.28. The van der Waals surface area contributed by atoms with Crippen molar-refractivity contribution >= 4 is 10.0 Å². The molecule has 2 aliphatic carbocycles. The highest BCUT2D eigenvalue weighted by molar-refractivity contribution is 7.89. The van der Waals surface area contributed by atoms with Crippen LogP contribution in [-0.4, -0.2) is 33.8 Å². The van der Waals surface area contributed by atoms with Crippen LogP contribution in [0.2, 0.25) is 0 Å². The smallest absolute Gasteiger partial charge is 0.211 e. The van der Waals surface area contributed by atoms with Gasteiger partial charge in [0.15, 0.2) is 0 Å². The fourth-order valence-corrected chi connectivity index (χ4v) is 4.84. The van der Waals surface area contributed by atoms with Crippen molar-refractivity contribution in [2.75, 3.05) is 25.4 Å². The lowest BCUT2D eigenvalue weighted by molar-refractivity contribution is 0.395. The quantitative estimate of drug-likeness (QED) is 0.761. The molecule has 0 aromatic heterocycles. The standard InChI is InChI=1S/C13H24N2O2S/c16-18(17,9-11-3-7-14-8-4-11)15-10-13(5-6-13)12-1-2-12/h11-12,14-15H,1-10H2. The Labute approximate surface area is 110 Å². The number of hydrogen-bond acceptors (Lipinski definition) is 3. The van der Waals surface area contributed by atoms with Gasteiger partial charge in [-0.3, -0.25) is 0 Å². The Morgan fingerprint density at radius 2 is 1.78 bits per heavy atom. The fraction of sp³-hybridized carbons (Fsp3) is 1.00. The van der Waals surface area contributed by atoms with E-state index in [1.165, 1.54) is 25.7 Å². The van der Waals surface area contributed by atoms with Crippen molar-refractivity contribution in [1.29, 1.82) is 0 Å². The van der Waals surface area contributed by atoms with Gasteiger partial charge in [0.2, 0.25) is 10.0 Å². The van der Waals surface area contributed by atoms with E-state index in [0.717, 1.165) is 31.8 Å². The van der Waals surface area contributed by atoms with Crippen molar-refractivity contribution in [3.63, 3.8) is 0 Å². The first kappa shape index (κ1) is 12.9. The molecular formula is C13H24N2O2S. The van der Waals surface area contributed by atoms with E-state index in [2.05, 4.69) is 10.0 Å². The van der Waals surface area contributed by atoms with Gasteiger partial charge in [-0.25, -0.2) is 13.1 Å². The fourth-order valence-electron chi connectivity index (χ4n) is 3.26. The zero-order chi connectivity index (χ0) is 12.6. The van der Waals surface area contributed by atoms with Crippen LogP contribution in [0.3, 0.4) is 0 Å². The van der Waals surface area contributed by atoms with Crippen molar-refractivity contribution in [2.45, 2.75) is 38.5 Å². The third-order valence-corrected chi connectivity index (χ3v) is 6.39. The topological polar surface area (TPSA) is 58.2 Å². The lowest BCUT2D eigenvalue weighted by Crippen LogP contribution is -2.38. The van der Waals surface area contributed by atoms with Crippen LogP contribution in [0.15, 0.2) is 0 Å². The SMILES string of the molecule is O=S(=O)(CC1CCNCC1)NCC1(C2CC2)CC1. The summed E-state index contributed by atoms with van der Waals surface area (Å²) in [7, 11) is -3.06. The molecule has 3 aliphatic rings. The van der Waals surface area contributed by atoms with Crippen LogP contribution in [-0.2, 0) is 10.0 Å². The summed E-state index contributed by atoms with van der Waals surface area (Å²) in [4.78, 5) is 0. The highest BCUT2D eigenvalue weighted by atomic mass is 32.2. The molecule has 5 heteroatoms. The zero-order valence-electron chi connectivity index (χ0n) is 11.0. The van der Waals surface area contributed by atoms with Gasteiger partial charge in [0.25, 0.3) is 0 Å². The molecule has 0 aromatic rings. The van der Waals surface area contributed by atoms with Gasteiger partial charge in [-0.2, -0.15) is 0 Å². The molecule has 3 rings (SSSR count). The molecule has 0 spiro atoms. The molecule has 3 fully saturated rings. The number of piperidine rings is 1. The Kier molecular flexibility index (Phi) is 3.41. The molecule has 2 N–H and O–H groups in total. The van der Waals surface area contributed by atoms with Crippen LogP contribution >= 0.6 is 0 Å². The predicted octanol–water partition coefficient (Wildman–Crippen LogP) is 1.10. The summed E-state index contributed by atoms with van der Waals surface area (Å²) in [5.41, 5.74) is 0.362. The third-order valence-electron chi connectivity index (χ3n) is 4.89. The molecule has 0 amide bonds. The van der Waals surface area contributed by atoms with E-state index in [4.69, 9.17) is 0 Å². The van der Waals surface area contributed by atoms with Gasteiger partial charge >= 0.3 is 0 Å². The Hall–Kier alpha value is -0.130. The average molecular weight is 272 g/mol. The van der Waals surface area contributed by atoms with Crippen molar-refractivity contribution in [1.82, 2.24) is 10.0 Å². The lowest BCUT2D eigenvalue weighted by atomic mass is 10.0. The zero-order valence-corrected chi connectivity index (χ0v) is 11.8. The Bertz CT molecular complexity index is 393. The predicted molar refractivity (Wildman–Crippen MR) is 71.8 cm³/mol. The highest BCUT2D eigenvalue weighted by Crippen LogP contribution is 2.60. The minimum atomic E-state index is -3.06. The molecule has 4 nitrogen and oxygen atoms in total. The maximum atomic E-state index is 12.1. The van der Waals surface area contributed by atoms with Gasteiger partial charge in [-0.15, -0.1) is 0 Å². The molecular weight excluding hydrogens is 248 g/mol. The number of hydrogen-bond donors (Lipinski definition) is 2. The second kappa shape index (κ2) is 4.76. The van der Waals surface area contributed by atoms with Gasteiger partial charge < -0.3 is 5.32 Å². The van der Waals surface area contributed by atoms with E-state index in [-0.39, 0.29) is 0 Å². The van der Waals surface area contributed by atoms with Crippen LogP contribution in [0.1, 0.15) is 38.5 Å². The second-order valence-corrected chi connectivity index (χ2v) is 8.28. The van der Waals surface area contributed by atoms with Crippen molar-refractivity contribution in [3.8, 4) is 0 Å². The molecule has 0 unspecified atom stereocenters. The summed E-state index contributed by atoms with van der Waals surface area (Å²) in [6.45, 7) is 2.63. The van der Waals surface area contributed by atoms with Gasteiger partial charge in [0, 0.05) is 6.54 Å². The maximum Gasteiger partial charge on any atom is 0.211 e. The van der Waals surface area contributed by atoms with Gasteiger partial charge in [-0.1, -0.05) is 0 Å². The van der Waals surface area contributed by atoms with Crippen molar-refractivity contribution in [3.05, 3.63) is 0 Å². The normalized spacial score (nSPS) is 28.2. The lowest BCUT2D eigenvalue weighted by Gasteiger charge is -2.23. The molecule has 1 aliphatic heterocycles. The Morgan fingerprint density at radius 1 is 1.11 bits per heavy atom. The van der Waals surface area contributed by atoms with E-state index < -0.39 is 10.0 Å². The van der Waals surface area contributed by atoms with Gasteiger partial charge in [0.1, 0.15) is 0 Å². The van der Waals surface area contributed by atoms with Crippen molar-refractivity contribution < 1.29 is 8.42 Å². The van der Waals surface area contributed by atoms with Gasteiger partial charge in [0.05, 0.1) is 5.75 Å². The maximum absolute atomic E-state index is 12.1. The van der Waals surface area contributed by atoms with E-state index in [1.807, 2.05) is 0 Å². The Balaban J connectivity index is 1.48.